The molecule has 0 aromatic rings. The first kappa shape index (κ1) is 14.3. The maximum Gasteiger partial charge on any atom is 0.323 e. The van der Waals surface area contributed by atoms with Crippen molar-refractivity contribution in [3.63, 3.8) is 0 Å². The number of ether oxygens (including phenoxy) is 1. The van der Waals surface area contributed by atoms with Gasteiger partial charge in [0.05, 0.1) is 13.2 Å². The van der Waals surface area contributed by atoms with Crippen molar-refractivity contribution in [1.29, 1.82) is 0 Å². The lowest BCUT2D eigenvalue weighted by atomic mass is 9.99. The number of carbonyl (C=O) groups is 1. The number of nitrogens with zero attached hydrogens (tertiary/aromatic N) is 2. The van der Waals surface area contributed by atoms with Crippen molar-refractivity contribution in [3.8, 4) is 0 Å². The van der Waals surface area contributed by atoms with Crippen LogP contribution in [0.1, 0.15) is 25.7 Å². The topological polar surface area (TPSA) is 79.0 Å². The van der Waals surface area contributed by atoms with Gasteiger partial charge in [0.1, 0.15) is 5.54 Å². The molecule has 0 aromatic carbocycles. The standard InChI is InChI=1S/C14H25N3O3/c15-14(13(18)19)3-1-11(9-14)17-4-2-12(10-17)16-5-7-20-8-6-16/h11-12H,1-10,15H2,(H,18,19). The average Bonchev–Trinajstić information content (AvgIpc) is 3.07. The van der Waals surface area contributed by atoms with Crippen molar-refractivity contribution in [2.45, 2.75) is 43.3 Å². The molecule has 2 aliphatic heterocycles. The molecule has 6 nitrogen and oxygen atoms in total. The summed E-state index contributed by atoms with van der Waals surface area (Å²) in [6.07, 6.45) is 3.30. The SMILES string of the molecule is NC1(C(=O)O)CCC(N2CCC(N3CCOCC3)C2)C1. The molecule has 3 fully saturated rings. The van der Waals surface area contributed by atoms with Gasteiger partial charge >= 0.3 is 5.97 Å². The second-order valence-corrected chi connectivity index (χ2v) is 6.44. The van der Waals surface area contributed by atoms with Crippen LogP contribution in [0.2, 0.25) is 0 Å². The van der Waals surface area contributed by atoms with Crippen LogP contribution in [0.5, 0.6) is 0 Å². The van der Waals surface area contributed by atoms with E-state index in [9.17, 15) is 9.90 Å². The molecule has 0 bridgehead atoms. The molecule has 3 atom stereocenters. The zero-order valence-corrected chi connectivity index (χ0v) is 12.0. The average molecular weight is 283 g/mol. The predicted octanol–water partition coefficient (Wildman–Crippen LogP) is -0.272. The van der Waals surface area contributed by atoms with Gasteiger partial charge in [0.25, 0.3) is 0 Å². The van der Waals surface area contributed by atoms with Crippen molar-refractivity contribution >= 4 is 5.97 Å². The van der Waals surface area contributed by atoms with Gasteiger partial charge in [-0.1, -0.05) is 0 Å². The van der Waals surface area contributed by atoms with E-state index in [0.717, 1.165) is 45.8 Å². The van der Waals surface area contributed by atoms with Gasteiger partial charge in [-0.3, -0.25) is 14.6 Å². The van der Waals surface area contributed by atoms with Crippen LogP contribution in [-0.2, 0) is 9.53 Å². The van der Waals surface area contributed by atoms with Gasteiger partial charge in [-0.2, -0.15) is 0 Å². The molecule has 3 rings (SSSR count). The van der Waals surface area contributed by atoms with Crippen molar-refractivity contribution in [1.82, 2.24) is 9.80 Å². The third-order valence-electron chi connectivity index (χ3n) is 5.22. The van der Waals surface area contributed by atoms with Gasteiger partial charge in [-0.15, -0.1) is 0 Å². The van der Waals surface area contributed by atoms with E-state index in [1.807, 2.05) is 0 Å². The van der Waals surface area contributed by atoms with E-state index in [0.29, 0.717) is 24.9 Å². The Labute approximate surface area is 119 Å². The van der Waals surface area contributed by atoms with Crippen LogP contribution < -0.4 is 5.73 Å². The Bertz CT molecular complexity index is 373. The van der Waals surface area contributed by atoms with Crippen molar-refractivity contribution in [2.75, 3.05) is 39.4 Å². The lowest BCUT2D eigenvalue weighted by Gasteiger charge is -2.33. The van der Waals surface area contributed by atoms with E-state index < -0.39 is 11.5 Å². The minimum atomic E-state index is -0.998. The molecule has 6 heteroatoms. The number of rotatable bonds is 3. The molecule has 1 aliphatic carbocycles. The highest BCUT2D eigenvalue weighted by molar-refractivity contribution is 5.79. The van der Waals surface area contributed by atoms with E-state index >= 15 is 0 Å². The lowest BCUT2D eigenvalue weighted by molar-refractivity contribution is -0.143. The minimum absolute atomic E-state index is 0.349. The second kappa shape index (κ2) is 5.60. The third kappa shape index (κ3) is 2.70. The highest BCUT2D eigenvalue weighted by Gasteiger charge is 2.45. The largest absolute Gasteiger partial charge is 0.480 e. The number of hydrogen-bond acceptors (Lipinski definition) is 5. The van der Waals surface area contributed by atoms with Crippen LogP contribution in [0.3, 0.4) is 0 Å². The quantitative estimate of drug-likeness (QED) is 0.742. The molecule has 114 valence electrons. The Morgan fingerprint density at radius 2 is 1.90 bits per heavy atom. The number of carboxylic acid groups (broad SMARTS) is 1. The first-order chi connectivity index (χ1) is 9.58. The molecule has 2 heterocycles. The predicted molar refractivity (Wildman–Crippen MR) is 74.6 cm³/mol. The lowest BCUT2D eigenvalue weighted by Crippen LogP contribution is -2.48. The summed E-state index contributed by atoms with van der Waals surface area (Å²) in [6, 6.07) is 0.957. The van der Waals surface area contributed by atoms with Gasteiger partial charge in [0, 0.05) is 38.3 Å². The van der Waals surface area contributed by atoms with Crippen LogP contribution in [0.15, 0.2) is 0 Å². The van der Waals surface area contributed by atoms with Crippen LogP contribution in [0.4, 0.5) is 0 Å². The number of morpholine rings is 1. The number of aliphatic carboxylic acids is 1. The van der Waals surface area contributed by atoms with Gasteiger partial charge in [0.2, 0.25) is 0 Å². The molecule has 0 aromatic heterocycles. The highest BCUT2D eigenvalue weighted by Crippen LogP contribution is 2.33. The summed E-state index contributed by atoms with van der Waals surface area (Å²) >= 11 is 0. The maximum absolute atomic E-state index is 11.2. The minimum Gasteiger partial charge on any atom is -0.480 e. The van der Waals surface area contributed by atoms with Crippen LogP contribution in [0.25, 0.3) is 0 Å². The van der Waals surface area contributed by atoms with Gasteiger partial charge in [-0.05, 0) is 25.7 Å². The fourth-order valence-corrected chi connectivity index (χ4v) is 3.90. The maximum atomic E-state index is 11.2. The monoisotopic (exact) mass is 283 g/mol. The fraction of sp³-hybridized carbons (Fsp3) is 0.929. The smallest absolute Gasteiger partial charge is 0.323 e. The summed E-state index contributed by atoms with van der Waals surface area (Å²) in [4.78, 5) is 16.2. The van der Waals surface area contributed by atoms with E-state index in [-0.39, 0.29) is 0 Å². The highest BCUT2D eigenvalue weighted by atomic mass is 16.5. The summed E-state index contributed by atoms with van der Waals surface area (Å²) in [5.41, 5.74) is 4.99. The molecule has 0 amide bonds. The summed E-state index contributed by atoms with van der Waals surface area (Å²) in [6.45, 7) is 5.86. The number of likely N-dealkylation sites (tertiary alicyclic amines) is 1. The van der Waals surface area contributed by atoms with Crippen LogP contribution in [-0.4, -0.2) is 77.9 Å². The van der Waals surface area contributed by atoms with E-state index in [1.54, 1.807) is 0 Å². The zero-order chi connectivity index (χ0) is 14.2. The first-order valence-corrected chi connectivity index (χ1v) is 7.67. The van der Waals surface area contributed by atoms with Crippen molar-refractivity contribution in [2.24, 2.45) is 5.73 Å². The van der Waals surface area contributed by atoms with Gasteiger partial charge < -0.3 is 15.6 Å². The van der Waals surface area contributed by atoms with Crippen molar-refractivity contribution < 1.29 is 14.6 Å². The molecule has 3 aliphatic rings. The molecular weight excluding hydrogens is 258 g/mol. The van der Waals surface area contributed by atoms with Crippen molar-refractivity contribution in [3.05, 3.63) is 0 Å². The van der Waals surface area contributed by atoms with Gasteiger partial charge in [-0.25, -0.2) is 0 Å². The molecule has 2 saturated heterocycles. The second-order valence-electron chi connectivity index (χ2n) is 6.44. The molecule has 1 saturated carbocycles. The van der Waals surface area contributed by atoms with E-state index in [1.165, 1.54) is 6.42 Å². The van der Waals surface area contributed by atoms with Gasteiger partial charge in [0.15, 0.2) is 0 Å². The Morgan fingerprint density at radius 3 is 2.55 bits per heavy atom. The Morgan fingerprint density at radius 1 is 1.15 bits per heavy atom. The Balaban J connectivity index is 1.54. The summed E-state index contributed by atoms with van der Waals surface area (Å²) in [5, 5.41) is 9.22. The van der Waals surface area contributed by atoms with E-state index in [4.69, 9.17) is 10.5 Å². The summed E-state index contributed by atoms with van der Waals surface area (Å²) in [5.74, 6) is -0.844. The number of nitrogens with two attached hydrogens (primary N) is 1. The molecule has 3 N–H and O–H groups in total. The molecule has 0 spiro atoms. The van der Waals surface area contributed by atoms with Crippen LogP contribution in [0, 0.1) is 0 Å². The Kier molecular flexibility index (Phi) is 3.99. The third-order valence-corrected chi connectivity index (χ3v) is 5.22. The number of hydrogen-bond donors (Lipinski definition) is 2. The zero-order valence-electron chi connectivity index (χ0n) is 12.0. The molecule has 0 radical (unpaired) electrons. The molecule has 20 heavy (non-hydrogen) atoms. The van der Waals surface area contributed by atoms with E-state index in [2.05, 4.69) is 9.80 Å². The molecule has 3 unspecified atom stereocenters. The summed E-state index contributed by atoms with van der Waals surface area (Å²) < 4.78 is 5.40. The molecular formula is C14H25N3O3. The normalized spacial score (nSPS) is 40.2. The fourth-order valence-electron chi connectivity index (χ4n) is 3.90. The first-order valence-electron chi connectivity index (χ1n) is 7.67. The van der Waals surface area contributed by atoms with Crippen LogP contribution >= 0.6 is 0 Å². The summed E-state index contributed by atoms with van der Waals surface area (Å²) in [7, 11) is 0. The number of carboxylic acids is 1. The Hall–Kier alpha value is -0.690.